The van der Waals surface area contributed by atoms with Crippen LogP contribution in [0.5, 0.6) is 0 Å². The molecule has 0 spiro atoms. The highest BCUT2D eigenvalue weighted by Gasteiger charge is 2.24. The van der Waals surface area contributed by atoms with Crippen molar-refractivity contribution in [1.29, 1.82) is 0 Å². The van der Waals surface area contributed by atoms with E-state index < -0.39 is 17.5 Å². The minimum Gasteiger partial charge on any atom is -0.388 e. The lowest BCUT2D eigenvalue weighted by Crippen LogP contribution is -2.34. The molecule has 0 radical (unpaired) electrons. The van der Waals surface area contributed by atoms with E-state index in [4.69, 9.17) is 34.8 Å². The Morgan fingerprint density at radius 1 is 1.10 bits per heavy atom. The van der Waals surface area contributed by atoms with Crippen LogP contribution in [0.25, 0.3) is 22.4 Å². The first-order chi connectivity index (χ1) is 19.7. The number of aryl methyl sites for hydroxylation is 1. The van der Waals surface area contributed by atoms with Crippen molar-refractivity contribution in [2.24, 2.45) is 18.6 Å². The number of rotatable bonds is 8. The van der Waals surface area contributed by atoms with Crippen molar-refractivity contribution in [2.75, 3.05) is 10.3 Å². The molecule has 11 nitrogen and oxygen atoms in total. The molecule has 0 fully saturated rings. The lowest BCUT2D eigenvalue weighted by molar-refractivity contribution is -0.119. The Labute approximate surface area is 244 Å². The topological polar surface area (TPSA) is 150 Å². The van der Waals surface area contributed by atoms with E-state index >= 15 is 0 Å². The fourth-order valence-corrected chi connectivity index (χ4v) is 4.67. The van der Waals surface area contributed by atoms with Crippen LogP contribution in [0.15, 0.2) is 95.7 Å². The number of amides is 1. The summed E-state index contributed by atoms with van der Waals surface area (Å²) in [6.45, 7) is 0. The van der Waals surface area contributed by atoms with E-state index in [1.165, 1.54) is 28.2 Å². The SMILES string of the molecule is Cn1cnc2cc(NC(=O)C(Cc3ccccc3)n3cnc(-c4cc(Cl)ccc4N(N)/C=C(\N)Cl)cc3=O)cnc21. The van der Waals surface area contributed by atoms with E-state index in [0.29, 0.717) is 38.8 Å². The van der Waals surface area contributed by atoms with Crippen LogP contribution in [0.4, 0.5) is 11.4 Å². The van der Waals surface area contributed by atoms with E-state index in [1.54, 1.807) is 41.4 Å². The molecule has 3 aromatic heterocycles. The number of nitrogens with two attached hydrogens (primary N) is 2. The predicted molar refractivity (Wildman–Crippen MR) is 160 cm³/mol. The second-order valence-electron chi connectivity index (χ2n) is 9.22. The number of fused-ring (bicyclic) bond motifs is 1. The molecule has 13 heteroatoms. The molecule has 5 N–H and O–H groups in total. The number of nitrogens with one attached hydrogen (secondary N) is 1. The summed E-state index contributed by atoms with van der Waals surface area (Å²) in [5, 5.41) is 4.45. The van der Waals surface area contributed by atoms with Gasteiger partial charge in [-0.1, -0.05) is 53.5 Å². The second kappa shape index (κ2) is 11.8. The highest BCUT2D eigenvalue weighted by molar-refractivity contribution is 6.31. The van der Waals surface area contributed by atoms with Crippen molar-refractivity contribution >= 4 is 51.6 Å². The number of hydrogen-bond donors (Lipinski definition) is 3. The lowest BCUT2D eigenvalue weighted by Gasteiger charge is -2.21. The maximum Gasteiger partial charge on any atom is 0.254 e. The smallest absolute Gasteiger partial charge is 0.254 e. The third-order valence-corrected chi connectivity index (χ3v) is 6.67. The summed E-state index contributed by atoms with van der Waals surface area (Å²) in [7, 11) is 1.83. The predicted octanol–water partition coefficient (Wildman–Crippen LogP) is 3.94. The maximum atomic E-state index is 13.6. The summed E-state index contributed by atoms with van der Waals surface area (Å²) < 4.78 is 3.07. The maximum absolute atomic E-state index is 13.6. The van der Waals surface area contributed by atoms with Crippen LogP contribution in [0.2, 0.25) is 5.02 Å². The van der Waals surface area contributed by atoms with Crippen molar-refractivity contribution in [3.05, 3.63) is 112 Å². The van der Waals surface area contributed by atoms with Crippen molar-refractivity contribution in [3.8, 4) is 11.3 Å². The van der Waals surface area contributed by atoms with E-state index in [-0.39, 0.29) is 11.6 Å². The minimum absolute atomic E-state index is 0.0380. The third-order valence-electron chi connectivity index (χ3n) is 6.34. The number of aromatic nitrogens is 5. The van der Waals surface area contributed by atoms with Crippen molar-refractivity contribution < 1.29 is 4.79 Å². The highest BCUT2D eigenvalue weighted by atomic mass is 35.5. The van der Waals surface area contributed by atoms with Gasteiger partial charge in [-0.25, -0.2) is 20.8 Å². The van der Waals surface area contributed by atoms with Gasteiger partial charge in [-0.15, -0.1) is 0 Å². The zero-order valence-corrected chi connectivity index (χ0v) is 23.3. The summed E-state index contributed by atoms with van der Waals surface area (Å²) in [6, 6.07) is 16.4. The van der Waals surface area contributed by atoms with Crippen molar-refractivity contribution in [2.45, 2.75) is 12.5 Å². The van der Waals surface area contributed by atoms with Gasteiger partial charge in [-0.3, -0.25) is 19.2 Å². The number of nitrogens with zero attached hydrogens (tertiary/aromatic N) is 6. The van der Waals surface area contributed by atoms with Crippen molar-refractivity contribution in [1.82, 2.24) is 24.1 Å². The number of hydrogen-bond acceptors (Lipinski definition) is 8. The summed E-state index contributed by atoms with van der Waals surface area (Å²) in [4.78, 5) is 40.3. The number of pyridine rings is 1. The number of benzene rings is 2. The number of anilines is 2. The Balaban J connectivity index is 1.51. The molecule has 208 valence electrons. The van der Waals surface area contributed by atoms with E-state index in [1.807, 2.05) is 37.4 Å². The molecule has 2 aromatic carbocycles. The van der Waals surface area contributed by atoms with Crippen LogP contribution < -0.4 is 27.5 Å². The van der Waals surface area contributed by atoms with E-state index in [0.717, 1.165) is 5.56 Å². The Kier molecular flexibility index (Phi) is 8.02. The molecule has 0 saturated carbocycles. The van der Waals surface area contributed by atoms with Gasteiger partial charge in [0.25, 0.3) is 5.56 Å². The molecule has 3 heterocycles. The van der Waals surface area contributed by atoms with Gasteiger partial charge in [0.2, 0.25) is 5.91 Å². The molecule has 5 aromatic rings. The number of hydrazine groups is 1. The Morgan fingerprint density at radius 2 is 1.88 bits per heavy atom. The first-order valence-electron chi connectivity index (χ1n) is 12.4. The van der Waals surface area contributed by atoms with Crippen LogP contribution in [0, 0.1) is 0 Å². The molecule has 41 heavy (non-hydrogen) atoms. The van der Waals surface area contributed by atoms with Gasteiger partial charge in [-0.05, 0) is 29.8 Å². The molecule has 0 bridgehead atoms. The number of carbonyl (C=O) groups excluding carboxylic acids is 1. The zero-order valence-electron chi connectivity index (χ0n) is 21.8. The number of carbonyl (C=O) groups is 1. The van der Waals surface area contributed by atoms with Gasteiger partial charge in [0, 0.05) is 30.1 Å². The summed E-state index contributed by atoms with van der Waals surface area (Å²) in [5.41, 5.74) is 8.96. The van der Waals surface area contributed by atoms with Gasteiger partial charge >= 0.3 is 0 Å². The van der Waals surface area contributed by atoms with Crippen molar-refractivity contribution in [3.63, 3.8) is 0 Å². The second-order valence-corrected chi connectivity index (χ2v) is 10.1. The molecule has 0 saturated heterocycles. The average Bonchev–Trinajstić information content (AvgIpc) is 3.31. The molecule has 1 atom stereocenters. The molecular formula is C28H25Cl2N9O2. The van der Waals surface area contributed by atoms with Gasteiger partial charge in [0.15, 0.2) is 5.65 Å². The molecular weight excluding hydrogens is 565 g/mol. The van der Waals surface area contributed by atoms with Crippen LogP contribution in [0.3, 0.4) is 0 Å². The van der Waals surface area contributed by atoms with Crippen LogP contribution in [-0.4, -0.2) is 30.0 Å². The Morgan fingerprint density at radius 3 is 2.61 bits per heavy atom. The van der Waals surface area contributed by atoms with E-state index in [9.17, 15) is 9.59 Å². The standard InChI is InChI=1S/C28H25Cl2N9O2/c1-37-15-34-22-11-19(13-33-27(22)37)36-28(41)24(9-17-5-3-2-4-6-17)38-16-35-21(12-26(38)40)20-10-18(29)7-8-23(20)39(32)14-25(30)31/h2-8,10-16,24H,9,31-32H2,1H3,(H,36,41)/b25-14-. The molecule has 1 unspecified atom stereocenters. The Hall–Kier alpha value is -4.71. The van der Waals surface area contributed by atoms with Gasteiger partial charge < -0.3 is 15.6 Å². The van der Waals surface area contributed by atoms with Crippen LogP contribution in [0.1, 0.15) is 11.6 Å². The average molecular weight is 590 g/mol. The molecule has 0 aliphatic rings. The highest BCUT2D eigenvalue weighted by Crippen LogP contribution is 2.31. The zero-order chi connectivity index (χ0) is 29.1. The number of imidazole rings is 1. The third kappa shape index (κ3) is 6.22. The van der Waals surface area contributed by atoms with E-state index in [2.05, 4.69) is 20.3 Å². The minimum atomic E-state index is -0.922. The molecule has 5 rings (SSSR count). The normalized spacial score (nSPS) is 12.3. The number of halogens is 2. The van der Waals surface area contributed by atoms with Gasteiger partial charge in [0.1, 0.15) is 16.7 Å². The summed E-state index contributed by atoms with van der Waals surface area (Å²) >= 11 is 12.0. The monoisotopic (exact) mass is 589 g/mol. The van der Waals surface area contributed by atoms with Crippen LogP contribution in [-0.2, 0) is 18.3 Å². The van der Waals surface area contributed by atoms with Crippen LogP contribution >= 0.6 is 23.2 Å². The lowest BCUT2D eigenvalue weighted by atomic mass is 10.0. The quantitative estimate of drug-likeness (QED) is 0.140. The fraction of sp³-hybridized carbons (Fsp3) is 0.107. The largest absolute Gasteiger partial charge is 0.388 e. The first kappa shape index (κ1) is 27.8. The summed E-state index contributed by atoms with van der Waals surface area (Å²) in [6.07, 6.45) is 6.08. The summed E-state index contributed by atoms with van der Waals surface area (Å²) in [5.74, 6) is 5.69. The molecule has 0 aliphatic carbocycles. The van der Waals surface area contributed by atoms with Gasteiger partial charge in [0.05, 0.1) is 42.1 Å². The first-order valence-corrected chi connectivity index (χ1v) is 13.1. The molecule has 1 amide bonds. The molecule has 0 aliphatic heterocycles. The van der Waals surface area contributed by atoms with Gasteiger partial charge in [-0.2, -0.15) is 0 Å². The fourth-order valence-electron chi connectivity index (χ4n) is 4.40. The Bertz CT molecular complexity index is 1810.